The molecule has 2 N–H and O–H groups in total. The number of anilines is 1. The van der Waals surface area contributed by atoms with Crippen molar-refractivity contribution in [3.63, 3.8) is 0 Å². The van der Waals surface area contributed by atoms with Gasteiger partial charge in [-0.05, 0) is 42.3 Å². The van der Waals surface area contributed by atoms with Crippen molar-refractivity contribution in [1.82, 2.24) is 15.0 Å². The maximum atomic E-state index is 4.49. The summed E-state index contributed by atoms with van der Waals surface area (Å²) in [5, 5.41) is 3.28. The zero-order valence-electron chi connectivity index (χ0n) is 10.1. The molecule has 0 aliphatic rings. The highest BCUT2D eigenvalue weighted by Gasteiger charge is 2.02. The summed E-state index contributed by atoms with van der Waals surface area (Å²) in [5.41, 5.74) is 4.46. The van der Waals surface area contributed by atoms with Crippen molar-refractivity contribution in [2.24, 2.45) is 0 Å². The van der Waals surface area contributed by atoms with Crippen LogP contribution in [0, 0.1) is 6.92 Å². The number of hydrogen-bond acceptors (Lipinski definition) is 3. The molecule has 0 aliphatic heterocycles. The van der Waals surface area contributed by atoms with Gasteiger partial charge in [0.25, 0.3) is 0 Å². The Morgan fingerprint density at radius 2 is 2.00 bits per heavy atom. The van der Waals surface area contributed by atoms with Gasteiger partial charge in [-0.2, -0.15) is 0 Å². The highest BCUT2D eigenvalue weighted by atomic mass is 15.1. The number of aromatic amines is 1. The van der Waals surface area contributed by atoms with E-state index < -0.39 is 0 Å². The minimum absolute atomic E-state index is 0.737. The Morgan fingerprint density at radius 1 is 1.17 bits per heavy atom. The van der Waals surface area contributed by atoms with E-state index in [4.69, 9.17) is 0 Å². The van der Waals surface area contributed by atoms with Crippen molar-refractivity contribution in [1.29, 1.82) is 0 Å². The van der Waals surface area contributed by atoms with Crippen LogP contribution in [0.5, 0.6) is 0 Å². The van der Waals surface area contributed by atoms with E-state index >= 15 is 0 Å². The Hall–Kier alpha value is -2.36. The third-order valence-electron chi connectivity index (χ3n) is 2.85. The van der Waals surface area contributed by atoms with Crippen molar-refractivity contribution >= 4 is 17.0 Å². The summed E-state index contributed by atoms with van der Waals surface area (Å²) in [7, 11) is 0. The molecular formula is C14H14N4. The molecule has 2 aromatic heterocycles. The smallest absolute Gasteiger partial charge is 0.201 e. The molecule has 0 spiro atoms. The van der Waals surface area contributed by atoms with Crippen molar-refractivity contribution in [3.05, 3.63) is 53.9 Å². The van der Waals surface area contributed by atoms with Crippen molar-refractivity contribution in [2.45, 2.75) is 13.5 Å². The second-order valence-electron chi connectivity index (χ2n) is 4.32. The lowest BCUT2D eigenvalue weighted by Crippen LogP contribution is -2.00. The molecule has 0 atom stereocenters. The van der Waals surface area contributed by atoms with Crippen LogP contribution in [-0.2, 0) is 6.54 Å². The minimum Gasteiger partial charge on any atom is -0.352 e. The van der Waals surface area contributed by atoms with Gasteiger partial charge in [0.05, 0.1) is 11.0 Å². The molecule has 90 valence electrons. The molecule has 0 bridgehead atoms. The predicted octanol–water partition coefficient (Wildman–Crippen LogP) is 2.88. The van der Waals surface area contributed by atoms with Crippen LogP contribution in [0.2, 0.25) is 0 Å². The Kier molecular flexibility index (Phi) is 2.68. The van der Waals surface area contributed by atoms with Gasteiger partial charge in [-0.25, -0.2) is 4.98 Å². The average molecular weight is 238 g/mol. The molecule has 4 nitrogen and oxygen atoms in total. The first-order chi connectivity index (χ1) is 8.81. The lowest BCUT2D eigenvalue weighted by molar-refractivity contribution is 1.09. The molecule has 2 heterocycles. The van der Waals surface area contributed by atoms with Gasteiger partial charge in [-0.3, -0.25) is 4.98 Å². The Balaban J connectivity index is 1.79. The molecule has 3 rings (SSSR count). The van der Waals surface area contributed by atoms with E-state index in [2.05, 4.69) is 39.3 Å². The summed E-state index contributed by atoms with van der Waals surface area (Å²) in [5.74, 6) is 0.799. The summed E-state index contributed by atoms with van der Waals surface area (Å²) in [6.45, 7) is 2.81. The normalized spacial score (nSPS) is 10.7. The molecule has 0 fully saturated rings. The van der Waals surface area contributed by atoms with E-state index in [9.17, 15) is 0 Å². The Morgan fingerprint density at radius 3 is 2.83 bits per heavy atom. The fraction of sp³-hybridized carbons (Fsp3) is 0.143. The number of imidazole rings is 1. The highest BCUT2D eigenvalue weighted by Crippen LogP contribution is 2.16. The van der Waals surface area contributed by atoms with Gasteiger partial charge in [-0.15, -0.1) is 0 Å². The maximum absolute atomic E-state index is 4.49. The van der Waals surface area contributed by atoms with Crippen LogP contribution in [0.25, 0.3) is 11.0 Å². The van der Waals surface area contributed by atoms with Crippen LogP contribution in [0.3, 0.4) is 0 Å². The summed E-state index contributed by atoms with van der Waals surface area (Å²) in [6.07, 6.45) is 3.58. The fourth-order valence-corrected chi connectivity index (χ4v) is 1.89. The topological polar surface area (TPSA) is 53.6 Å². The zero-order valence-corrected chi connectivity index (χ0v) is 10.1. The van der Waals surface area contributed by atoms with Crippen LogP contribution in [0.4, 0.5) is 5.95 Å². The molecule has 1 aromatic carbocycles. The highest BCUT2D eigenvalue weighted by molar-refractivity contribution is 5.78. The van der Waals surface area contributed by atoms with Gasteiger partial charge in [-0.1, -0.05) is 6.07 Å². The maximum Gasteiger partial charge on any atom is 0.201 e. The average Bonchev–Trinajstić information content (AvgIpc) is 2.79. The summed E-state index contributed by atoms with van der Waals surface area (Å²) in [4.78, 5) is 11.7. The van der Waals surface area contributed by atoms with Crippen molar-refractivity contribution in [2.75, 3.05) is 5.32 Å². The molecule has 3 aromatic rings. The first kappa shape index (κ1) is 10.8. The zero-order chi connectivity index (χ0) is 12.4. The number of aromatic nitrogens is 3. The van der Waals surface area contributed by atoms with E-state index in [1.165, 1.54) is 11.1 Å². The van der Waals surface area contributed by atoms with Gasteiger partial charge < -0.3 is 10.3 Å². The Labute approximate surface area is 105 Å². The van der Waals surface area contributed by atoms with Crippen LogP contribution in [0.15, 0.2) is 42.7 Å². The molecule has 4 heteroatoms. The molecule has 0 radical (unpaired) electrons. The van der Waals surface area contributed by atoms with Gasteiger partial charge in [0.1, 0.15) is 0 Å². The first-order valence-corrected chi connectivity index (χ1v) is 5.90. The van der Waals surface area contributed by atoms with Crippen LogP contribution in [0.1, 0.15) is 11.1 Å². The minimum atomic E-state index is 0.737. The lowest BCUT2D eigenvalue weighted by Gasteiger charge is -2.01. The number of benzene rings is 1. The number of nitrogens with one attached hydrogen (secondary N) is 2. The van der Waals surface area contributed by atoms with Gasteiger partial charge in [0.2, 0.25) is 5.95 Å². The summed E-state index contributed by atoms with van der Waals surface area (Å²) in [6, 6.07) is 10.2. The van der Waals surface area contributed by atoms with Crippen LogP contribution >= 0.6 is 0 Å². The number of nitrogens with zero attached hydrogens (tertiary/aromatic N) is 2. The van der Waals surface area contributed by atoms with E-state index in [-0.39, 0.29) is 0 Å². The number of aryl methyl sites for hydroxylation is 1. The molecule has 0 amide bonds. The van der Waals surface area contributed by atoms with Gasteiger partial charge in [0.15, 0.2) is 0 Å². The summed E-state index contributed by atoms with van der Waals surface area (Å²) >= 11 is 0. The molecule has 18 heavy (non-hydrogen) atoms. The molecular weight excluding hydrogens is 224 g/mol. The number of pyridine rings is 1. The van der Waals surface area contributed by atoms with Gasteiger partial charge in [0, 0.05) is 18.9 Å². The molecule has 0 aliphatic carbocycles. The van der Waals surface area contributed by atoms with E-state index in [0.29, 0.717) is 0 Å². The van der Waals surface area contributed by atoms with E-state index in [0.717, 1.165) is 23.5 Å². The van der Waals surface area contributed by atoms with Gasteiger partial charge >= 0.3 is 0 Å². The third kappa shape index (κ3) is 2.18. The monoisotopic (exact) mass is 238 g/mol. The second kappa shape index (κ2) is 4.49. The molecule has 0 saturated heterocycles. The Bertz CT molecular complexity index is 658. The quantitative estimate of drug-likeness (QED) is 0.737. The van der Waals surface area contributed by atoms with E-state index in [1.54, 1.807) is 12.4 Å². The fourth-order valence-electron chi connectivity index (χ4n) is 1.89. The lowest BCUT2D eigenvalue weighted by atomic mass is 10.2. The predicted molar refractivity (Wildman–Crippen MR) is 72.4 cm³/mol. The summed E-state index contributed by atoms with van der Waals surface area (Å²) < 4.78 is 0. The molecule has 0 saturated carbocycles. The van der Waals surface area contributed by atoms with Crippen molar-refractivity contribution < 1.29 is 0 Å². The largest absolute Gasteiger partial charge is 0.352 e. The number of rotatable bonds is 3. The number of H-pyrrole nitrogens is 1. The first-order valence-electron chi connectivity index (χ1n) is 5.90. The SMILES string of the molecule is Cc1ccc2nc(NCc3ccncc3)[nH]c2c1. The third-order valence-corrected chi connectivity index (χ3v) is 2.85. The number of hydrogen-bond donors (Lipinski definition) is 2. The molecule has 0 unspecified atom stereocenters. The van der Waals surface area contributed by atoms with E-state index in [1.807, 2.05) is 18.2 Å². The second-order valence-corrected chi connectivity index (χ2v) is 4.32. The number of fused-ring (bicyclic) bond motifs is 1. The van der Waals surface area contributed by atoms with Crippen LogP contribution in [-0.4, -0.2) is 15.0 Å². The standard InChI is InChI=1S/C14H14N4/c1-10-2-3-12-13(8-10)18-14(17-12)16-9-11-4-6-15-7-5-11/h2-8H,9H2,1H3,(H2,16,17,18). The van der Waals surface area contributed by atoms with Crippen LogP contribution < -0.4 is 5.32 Å². The van der Waals surface area contributed by atoms with Crippen molar-refractivity contribution in [3.8, 4) is 0 Å².